The second kappa shape index (κ2) is 11.9. The van der Waals surface area contributed by atoms with Gasteiger partial charge in [0.25, 0.3) is 5.91 Å². The lowest BCUT2D eigenvalue weighted by molar-refractivity contribution is 0.0956. The highest BCUT2D eigenvalue weighted by Gasteiger charge is 2.15. The molecule has 0 heterocycles. The molecule has 0 radical (unpaired) electrons. The molecule has 0 fully saturated rings. The molecule has 0 spiro atoms. The molecule has 1 aromatic carbocycles. The summed E-state index contributed by atoms with van der Waals surface area (Å²) in [6.45, 7) is 9.15. The molecular formula is C19H33N3O4S. The zero-order valence-corrected chi connectivity index (χ0v) is 17.6. The number of hydrogen-bond acceptors (Lipinski definition) is 5. The van der Waals surface area contributed by atoms with Crippen molar-refractivity contribution in [1.29, 1.82) is 0 Å². The summed E-state index contributed by atoms with van der Waals surface area (Å²) in [7, 11) is -1.88. The van der Waals surface area contributed by atoms with Crippen LogP contribution in [0.2, 0.25) is 0 Å². The minimum absolute atomic E-state index is 0.0619. The van der Waals surface area contributed by atoms with Gasteiger partial charge in [0.15, 0.2) is 0 Å². The molecule has 1 aromatic rings. The number of carbonyl (C=O) groups excluding carboxylic acids is 1. The van der Waals surface area contributed by atoms with Crippen molar-refractivity contribution >= 4 is 15.9 Å². The standard InChI is InChI=1S/C19H33N3O4S/c1-5-22(6-2)14-7-8-16(3)21-27(24,25)15-13-20-19(23)17-9-11-18(26-4)12-10-17/h9-12,16,21H,5-8,13-15H2,1-4H3,(H,20,23)/t16-/m1/s1. The van der Waals surface area contributed by atoms with Gasteiger partial charge < -0.3 is 15.0 Å². The largest absolute Gasteiger partial charge is 0.497 e. The molecule has 0 saturated carbocycles. The maximum atomic E-state index is 12.2. The normalized spacial score (nSPS) is 12.8. The Bertz CT molecular complexity index is 658. The molecule has 0 bridgehead atoms. The van der Waals surface area contributed by atoms with E-state index in [1.165, 1.54) is 0 Å². The van der Waals surface area contributed by atoms with E-state index in [2.05, 4.69) is 28.8 Å². The Hall–Kier alpha value is -1.64. The molecule has 0 aliphatic rings. The number of nitrogens with zero attached hydrogens (tertiary/aromatic N) is 1. The SMILES string of the molecule is CCN(CC)CCC[C@@H](C)NS(=O)(=O)CCNC(=O)c1ccc(OC)cc1. The number of amides is 1. The van der Waals surface area contributed by atoms with E-state index in [1.54, 1.807) is 31.4 Å². The Labute approximate surface area is 163 Å². The number of benzene rings is 1. The van der Waals surface area contributed by atoms with E-state index in [4.69, 9.17) is 4.74 Å². The van der Waals surface area contributed by atoms with Crippen LogP contribution in [0.25, 0.3) is 0 Å². The maximum Gasteiger partial charge on any atom is 0.251 e. The average molecular weight is 400 g/mol. The first-order valence-electron chi connectivity index (χ1n) is 9.45. The van der Waals surface area contributed by atoms with E-state index in [-0.39, 0.29) is 24.2 Å². The molecule has 1 atom stereocenters. The van der Waals surface area contributed by atoms with Crippen molar-refractivity contribution in [2.75, 3.05) is 39.0 Å². The van der Waals surface area contributed by atoms with E-state index in [0.29, 0.717) is 11.3 Å². The zero-order valence-electron chi connectivity index (χ0n) is 16.8. The molecule has 0 aliphatic heterocycles. The van der Waals surface area contributed by atoms with Gasteiger partial charge in [-0.15, -0.1) is 0 Å². The topological polar surface area (TPSA) is 87.7 Å². The van der Waals surface area contributed by atoms with Crippen LogP contribution in [0.1, 0.15) is 44.0 Å². The predicted molar refractivity (Wildman–Crippen MR) is 109 cm³/mol. The molecule has 0 unspecified atom stereocenters. The Kier molecular flexibility index (Phi) is 10.4. The van der Waals surface area contributed by atoms with Gasteiger partial charge in [-0.2, -0.15) is 0 Å². The molecule has 0 aliphatic carbocycles. The lowest BCUT2D eigenvalue weighted by atomic mass is 10.2. The fraction of sp³-hybridized carbons (Fsp3) is 0.632. The van der Waals surface area contributed by atoms with Crippen LogP contribution in [-0.4, -0.2) is 64.3 Å². The number of rotatable bonds is 13. The summed E-state index contributed by atoms with van der Waals surface area (Å²) in [5, 5.41) is 2.63. The van der Waals surface area contributed by atoms with Crippen molar-refractivity contribution in [3.05, 3.63) is 29.8 Å². The second-order valence-corrected chi connectivity index (χ2v) is 8.36. The molecule has 8 heteroatoms. The van der Waals surface area contributed by atoms with E-state index in [0.717, 1.165) is 32.5 Å². The summed E-state index contributed by atoms with van der Waals surface area (Å²) in [6.07, 6.45) is 1.73. The number of hydrogen-bond donors (Lipinski definition) is 2. The molecule has 27 heavy (non-hydrogen) atoms. The second-order valence-electron chi connectivity index (χ2n) is 6.49. The Balaban J connectivity index is 2.34. The van der Waals surface area contributed by atoms with Crippen molar-refractivity contribution < 1.29 is 17.9 Å². The van der Waals surface area contributed by atoms with Gasteiger partial charge in [0.1, 0.15) is 5.75 Å². The van der Waals surface area contributed by atoms with Crippen LogP contribution >= 0.6 is 0 Å². The van der Waals surface area contributed by atoms with E-state index in [9.17, 15) is 13.2 Å². The molecule has 154 valence electrons. The van der Waals surface area contributed by atoms with Gasteiger partial charge in [-0.05, 0) is 63.7 Å². The highest BCUT2D eigenvalue weighted by atomic mass is 32.2. The average Bonchev–Trinajstić information content (AvgIpc) is 2.64. The lowest BCUT2D eigenvalue weighted by Crippen LogP contribution is -2.38. The number of ether oxygens (including phenoxy) is 1. The number of nitrogens with one attached hydrogen (secondary N) is 2. The van der Waals surface area contributed by atoms with Gasteiger partial charge in [-0.25, -0.2) is 13.1 Å². The van der Waals surface area contributed by atoms with Crippen molar-refractivity contribution in [2.24, 2.45) is 0 Å². The van der Waals surface area contributed by atoms with Crippen LogP contribution in [0.15, 0.2) is 24.3 Å². The van der Waals surface area contributed by atoms with Gasteiger partial charge in [0.2, 0.25) is 10.0 Å². The van der Waals surface area contributed by atoms with Crippen LogP contribution < -0.4 is 14.8 Å². The third kappa shape index (κ3) is 9.21. The summed E-state index contributed by atoms with van der Waals surface area (Å²) in [4.78, 5) is 14.4. The first-order valence-corrected chi connectivity index (χ1v) is 11.1. The van der Waals surface area contributed by atoms with Crippen molar-refractivity contribution in [1.82, 2.24) is 14.9 Å². The number of carbonyl (C=O) groups is 1. The summed E-state index contributed by atoms with van der Waals surface area (Å²) < 4.78 is 32.0. The number of methoxy groups -OCH3 is 1. The van der Waals surface area contributed by atoms with Gasteiger partial charge in [-0.1, -0.05) is 13.8 Å². The van der Waals surface area contributed by atoms with E-state index >= 15 is 0 Å². The zero-order chi connectivity index (χ0) is 20.3. The van der Waals surface area contributed by atoms with Gasteiger partial charge in [0.05, 0.1) is 12.9 Å². The maximum absolute atomic E-state index is 12.2. The van der Waals surface area contributed by atoms with Crippen molar-refractivity contribution in [3.63, 3.8) is 0 Å². The molecule has 0 aromatic heterocycles. The van der Waals surface area contributed by atoms with Crippen LogP contribution in [0.4, 0.5) is 0 Å². The quantitative estimate of drug-likeness (QED) is 0.529. The lowest BCUT2D eigenvalue weighted by Gasteiger charge is -2.19. The Morgan fingerprint density at radius 3 is 2.37 bits per heavy atom. The van der Waals surface area contributed by atoms with Crippen LogP contribution in [0, 0.1) is 0 Å². The molecule has 2 N–H and O–H groups in total. The first kappa shape index (κ1) is 23.4. The molecule has 1 rings (SSSR count). The molecule has 0 saturated heterocycles. The molecular weight excluding hydrogens is 366 g/mol. The van der Waals surface area contributed by atoms with Gasteiger partial charge >= 0.3 is 0 Å². The monoisotopic (exact) mass is 399 g/mol. The summed E-state index contributed by atoms with van der Waals surface area (Å²) in [6, 6.07) is 6.53. The highest BCUT2D eigenvalue weighted by molar-refractivity contribution is 7.89. The predicted octanol–water partition coefficient (Wildman–Crippen LogP) is 1.85. The van der Waals surface area contributed by atoms with Crippen molar-refractivity contribution in [2.45, 2.75) is 39.7 Å². The molecule has 1 amide bonds. The third-order valence-corrected chi connectivity index (χ3v) is 5.90. The minimum Gasteiger partial charge on any atom is -0.497 e. The third-order valence-electron chi connectivity index (χ3n) is 4.40. The van der Waals surface area contributed by atoms with Crippen LogP contribution in [0.5, 0.6) is 5.75 Å². The Morgan fingerprint density at radius 1 is 1.19 bits per heavy atom. The number of sulfonamides is 1. The van der Waals surface area contributed by atoms with Gasteiger partial charge in [0, 0.05) is 18.2 Å². The van der Waals surface area contributed by atoms with Gasteiger partial charge in [-0.3, -0.25) is 4.79 Å². The first-order chi connectivity index (χ1) is 12.8. The fourth-order valence-electron chi connectivity index (χ4n) is 2.73. The van der Waals surface area contributed by atoms with Crippen LogP contribution in [0.3, 0.4) is 0 Å². The van der Waals surface area contributed by atoms with E-state index < -0.39 is 10.0 Å². The smallest absolute Gasteiger partial charge is 0.251 e. The van der Waals surface area contributed by atoms with Crippen molar-refractivity contribution in [3.8, 4) is 5.75 Å². The summed E-state index contributed by atoms with van der Waals surface area (Å²) in [5.74, 6) is 0.211. The van der Waals surface area contributed by atoms with Crippen LogP contribution in [-0.2, 0) is 10.0 Å². The van der Waals surface area contributed by atoms with E-state index in [1.807, 2.05) is 6.92 Å². The molecule has 7 nitrogen and oxygen atoms in total. The highest BCUT2D eigenvalue weighted by Crippen LogP contribution is 2.11. The minimum atomic E-state index is -3.43. The Morgan fingerprint density at radius 2 is 1.81 bits per heavy atom. The summed E-state index contributed by atoms with van der Waals surface area (Å²) >= 11 is 0. The fourth-order valence-corrected chi connectivity index (χ4v) is 3.95. The summed E-state index contributed by atoms with van der Waals surface area (Å²) in [5.41, 5.74) is 0.464.